The maximum absolute atomic E-state index is 13.8. The number of carboxylic acids is 1. The van der Waals surface area contributed by atoms with Crippen molar-refractivity contribution in [1.29, 1.82) is 0 Å². The molecular formula is C14H14ClFN2O2. The number of halogens is 2. The standard InChI is InChI=1S/C14H14ClFN2O2/c1-14(2,3)11-10(13(19)20)12(15)18(17-11)9-7-5-4-6-8(9)16/h4-7H,1-3H3,(H,19,20). The second-order valence-electron chi connectivity index (χ2n) is 5.43. The van der Waals surface area contributed by atoms with Gasteiger partial charge in [0.05, 0.1) is 5.69 Å². The van der Waals surface area contributed by atoms with Crippen LogP contribution in [0.5, 0.6) is 0 Å². The van der Waals surface area contributed by atoms with Gasteiger partial charge in [-0.15, -0.1) is 0 Å². The lowest BCUT2D eigenvalue weighted by atomic mass is 9.89. The Labute approximate surface area is 120 Å². The summed E-state index contributed by atoms with van der Waals surface area (Å²) in [7, 11) is 0. The normalized spacial score (nSPS) is 11.7. The van der Waals surface area contributed by atoms with Gasteiger partial charge in [0.1, 0.15) is 22.2 Å². The largest absolute Gasteiger partial charge is 0.478 e. The number of carbonyl (C=O) groups is 1. The Morgan fingerprint density at radius 3 is 2.40 bits per heavy atom. The smallest absolute Gasteiger partial charge is 0.340 e. The fourth-order valence-electron chi connectivity index (χ4n) is 1.90. The number of aromatic carboxylic acids is 1. The number of hydrogen-bond donors (Lipinski definition) is 1. The Morgan fingerprint density at radius 2 is 1.95 bits per heavy atom. The first-order chi connectivity index (χ1) is 9.23. The van der Waals surface area contributed by atoms with Crippen molar-refractivity contribution >= 4 is 17.6 Å². The third kappa shape index (κ3) is 2.41. The Morgan fingerprint density at radius 1 is 1.35 bits per heavy atom. The highest BCUT2D eigenvalue weighted by Gasteiger charge is 2.30. The van der Waals surface area contributed by atoms with Gasteiger partial charge in [-0.05, 0) is 12.1 Å². The van der Waals surface area contributed by atoms with E-state index in [0.29, 0.717) is 5.69 Å². The van der Waals surface area contributed by atoms with Crippen LogP contribution in [-0.2, 0) is 5.41 Å². The predicted molar refractivity (Wildman–Crippen MR) is 74.2 cm³/mol. The first-order valence-corrected chi connectivity index (χ1v) is 6.38. The van der Waals surface area contributed by atoms with Gasteiger partial charge in [0.2, 0.25) is 0 Å². The van der Waals surface area contributed by atoms with Gasteiger partial charge in [-0.2, -0.15) is 5.10 Å². The van der Waals surface area contributed by atoms with E-state index in [4.69, 9.17) is 11.6 Å². The van der Waals surface area contributed by atoms with Crippen LogP contribution < -0.4 is 0 Å². The van der Waals surface area contributed by atoms with E-state index in [9.17, 15) is 14.3 Å². The first kappa shape index (κ1) is 14.5. The molecule has 1 aromatic carbocycles. The molecule has 0 saturated heterocycles. The zero-order chi connectivity index (χ0) is 15.1. The fraction of sp³-hybridized carbons (Fsp3) is 0.286. The lowest BCUT2D eigenvalue weighted by molar-refractivity contribution is 0.0694. The van der Waals surface area contributed by atoms with Crippen molar-refractivity contribution in [3.05, 3.63) is 46.5 Å². The predicted octanol–water partition coefficient (Wildman–Crippen LogP) is 3.66. The zero-order valence-corrected chi connectivity index (χ0v) is 12.1. The second kappa shape index (κ2) is 4.90. The summed E-state index contributed by atoms with van der Waals surface area (Å²) in [6.07, 6.45) is 0. The van der Waals surface area contributed by atoms with Crippen LogP contribution >= 0.6 is 11.6 Å². The summed E-state index contributed by atoms with van der Waals surface area (Å²) in [4.78, 5) is 11.4. The van der Waals surface area contributed by atoms with Crippen LogP contribution in [0.2, 0.25) is 5.15 Å². The van der Waals surface area contributed by atoms with Gasteiger partial charge in [-0.3, -0.25) is 0 Å². The molecule has 0 bridgehead atoms. The molecule has 0 radical (unpaired) electrons. The topological polar surface area (TPSA) is 55.1 Å². The van der Waals surface area contributed by atoms with E-state index in [1.54, 1.807) is 12.1 Å². The Balaban J connectivity index is 2.75. The van der Waals surface area contributed by atoms with E-state index in [2.05, 4.69) is 5.10 Å². The highest BCUT2D eigenvalue weighted by molar-refractivity contribution is 6.33. The SMILES string of the molecule is CC(C)(C)c1nn(-c2ccccc2F)c(Cl)c1C(=O)O. The van der Waals surface area contributed by atoms with Crippen LogP contribution in [0.25, 0.3) is 5.69 Å². The number of rotatable bonds is 2. The van der Waals surface area contributed by atoms with Crippen molar-refractivity contribution in [3.8, 4) is 5.69 Å². The molecule has 0 unspecified atom stereocenters. The minimum atomic E-state index is -1.18. The maximum atomic E-state index is 13.8. The van der Waals surface area contributed by atoms with Crippen LogP contribution in [0.4, 0.5) is 4.39 Å². The average molecular weight is 297 g/mol. The quantitative estimate of drug-likeness (QED) is 0.920. The number of hydrogen-bond acceptors (Lipinski definition) is 2. The molecule has 6 heteroatoms. The van der Waals surface area contributed by atoms with Gasteiger partial charge in [0, 0.05) is 5.41 Å². The van der Waals surface area contributed by atoms with Gasteiger partial charge in [0.25, 0.3) is 0 Å². The lowest BCUT2D eigenvalue weighted by Crippen LogP contribution is -2.16. The number of aromatic nitrogens is 2. The highest BCUT2D eigenvalue weighted by Crippen LogP contribution is 2.32. The molecule has 0 aliphatic carbocycles. The number of benzene rings is 1. The molecule has 2 rings (SSSR count). The molecule has 1 aromatic heterocycles. The monoisotopic (exact) mass is 296 g/mol. The summed E-state index contributed by atoms with van der Waals surface area (Å²) in [6, 6.07) is 5.93. The minimum absolute atomic E-state index is 0.0950. The van der Waals surface area contributed by atoms with Gasteiger partial charge < -0.3 is 5.11 Å². The number of nitrogens with zero attached hydrogens (tertiary/aromatic N) is 2. The summed E-state index contributed by atoms with van der Waals surface area (Å²) in [5.74, 6) is -1.70. The minimum Gasteiger partial charge on any atom is -0.478 e. The van der Waals surface area contributed by atoms with Crippen LogP contribution in [0, 0.1) is 5.82 Å². The van der Waals surface area contributed by atoms with Crippen molar-refractivity contribution in [2.45, 2.75) is 26.2 Å². The zero-order valence-electron chi connectivity index (χ0n) is 11.3. The van der Waals surface area contributed by atoms with E-state index in [1.807, 2.05) is 20.8 Å². The molecule has 0 aliphatic heterocycles. The Hall–Kier alpha value is -1.88. The maximum Gasteiger partial charge on any atom is 0.340 e. The Kier molecular flexibility index (Phi) is 3.56. The molecule has 0 spiro atoms. The van der Waals surface area contributed by atoms with Gasteiger partial charge in [0.15, 0.2) is 0 Å². The molecule has 20 heavy (non-hydrogen) atoms. The summed E-state index contributed by atoms with van der Waals surface area (Å²) >= 11 is 6.09. The molecular weight excluding hydrogens is 283 g/mol. The van der Waals surface area contributed by atoms with Gasteiger partial charge >= 0.3 is 5.97 Å². The van der Waals surface area contributed by atoms with Crippen LogP contribution in [0.15, 0.2) is 24.3 Å². The molecule has 0 amide bonds. The van der Waals surface area contributed by atoms with Gasteiger partial charge in [-0.25, -0.2) is 13.9 Å². The second-order valence-corrected chi connectivity index (χ2v) is 5.79. The van der Waals surface area contributed by atoms with Crippen molar-refractivity contribution in [2.24, 2.45) is 0 Å². The van der Waals surface area contributed by atoms with Crippen molar-refractivity contribution in [3.63, 3.8) is 0 Å². The third-order valence-electron chi connectivity index (χ3n) is 2.83. The fourth-order valence-corrected chi connectivity index (χ4v) is 2.19. The van der Waals surface area contributed by atoms with Crippen molar-refractivity contribution < 1.29 is 14.3 Å². The summed E-state index contributed by atoms with van der Waals surface area (Å²) in [5.41, 5.74) is -0.176. The number of carboxylic acid groups (broad SMARTS) is 1. The van der Waals surface area contributed by atoms with Crippen LogP contribution in [-0.4, -0.2) is 20.9 Å². The Bertz CT molecular complexity index is 674. The molecule has 1 N–H and O–H groups in total. The summed E-state index contributed by atoms with van der Waals surface area (Å²) in [5, 5.41) is 13.4. The van der Waals surface area contributed by atoms with E-state index < -0.39 is 17.2 Å². The third-order valence-corrected chi connectivity index (χ3v) is 3.18. The first-order valence-electron chi connectivity index (χ1n) is 6.00. The summed E-state index contributed by atoms with van der Waals surface area (Å²) in [6.45, 7) is 5.47. The molecule has 1 heterocycles. The van der Waals surface area contributed by atoms with E-state index >= 15 is 0 Å². The number of para-hydroxylation sites is 1. The molecule has 0 aliphatic rings. The lowest BCUT2D eigenvalue weighted by Gasteiger charge is -2.15. The summed E-state index contributed by atoms with van der Waals surface area (Å²) < 4.78 is 15.0. The highest BCUT2D eigenvalue weighted by atomic mass is 35.5. The average Bonchev–Trinajstić information content (AvgIpc) is 2.67. The molecule has 0 atom stereocenters. The molecule has 4 nitrogen and oxygen atoms in total. The molecule has 106 valence electrons. The van der Waals surface area contributed by atoms with Crippen LogP contribution in [0.1, 0.15) is 36.8 Å². The van der Waals surface area contributed by atoms with E-state index in [0.717, 1.165) is 4.68 Å². The van der Waals surface area contributed by atoms with Crippen molar-refractivity contribution in [2.75, 3.05) is 0 Å². The molecule has 2 aromatic rings. The van der Waals surface area contributed by atoms with E-state index in [1.165, 1.54) is 12.1 Å². The molecule has 0 fully saturated rings. The molecule has 0 saturated carbocycles. The van der Waals surface area contributed by atoms with Crippen LogP contribution in [0.3, 0.4) is 0 Å². The van der Waals surface area contributed by atoms with E-state index in [-0.39, 0.29) is 16.4 Å². The van der Waals surface area contributed by atoms with Crippen molar-refractivity contribution in [1.82, 2.24) is 9.78 Å². The van der Waals surface area contributed by atoms with Gasteiger partial charge in [-0.1, -0.05) is 44.5 Å².